The average Bonchev–Trinajstić information content (AvgIpc) is 2.46. The highest BCUT2D eigenvalue weighted by Gasteiger charge is 1.82. The van der Waals surface area contributed by atoms with Crippen LogP contribution in [0.25, 0.3) is 6.08 Å². The highest BCUT2D eigenvalue weighted by Crippen LogP contribution is 2.02. The van der Waals surface area contributed by atoms with Crippen LogP contribution in [-0.4, -0.2) is 0 Å². The summed E-state index contributed by atoms with van der Waals surface area (Å²) >= 11 is 0. The summed E-state index contributed by atoms with van der Waals surface area (Å²) < 4.78 is 0. The lowest BCUT2D eigenvalue weighted by Crippen LogP contribution is -1.71. The summed E-state index contributed by atoms with van der Waals surface area (Å²) in [6.07, 6.45) is 1.85. The van der Waals surface area contributed by atoms with Gasteiger partial charge in [0.25, 0.3) is 0 Å². The van der Waals surface area contributed by atoms with Crippen LogP contribution in [0, 0.1) is 20.8 Å². The summed E-state index contributed by atoms with van der Waals surface area (Å²) in [6, 6.07) is 16.8. The van der Waals surface area contributed by atoms with Crippen LogP contribution >= 0.6 is 0 Å². The Balaban J connectivity index is 0.000000303. The lowest BCUT2D eigenvalue weighted by Gasteiger charge is -1.91. The van der Waals surface area contributed by atoms with Gasteiger partial charge in [-0.05, 0) is 26.3 Å². The molecule has 0 saturated carbocycles. The smallest absolute Gasteiger partial charge is 0.0262 e. The van der Waals surface area contributed by atoms with Crippen molar-refractivity contribution in [2.45, 2.75) is 34.6 Å². The fourth-order valence-electron chi connectivity index (χ4n) is 1.34. The van der Waals surface area contributed by atoms with Gasteiger partial charge in [0.15, 0.2) is 0 Å². The van der Waals surface area contributed by atoms with Gasteiger partial charge in [-0.3, -0.25) is 0 Å². The van der Waals surface area contributed by atoms with E-state index in [1.807, 2.05) is 19.9 Å². The number of benzene rings is 2. The number of hydrogen-bond donors (Lipinski definition) is 0. The first-order chi connectivity index (χ1) is 9.11. The van der Waals surface area contributed by atoms with Crippen molar-refractivity contribution in [1.82, 2.24) is 0 Å². The van der Waals surface area contributed by atoms with Crippen LogP contribution in [0.2, 0.25) is 0 Å². The summed E-state index contributed by atoms with van der Waals surface area (Å²) in [7, 11) is 0. The van der Waals surface area contributed by atoms with Crippen molar-refractivity contribution in [1.29, 1.82) is 0 Å². The van der Waals surface area contributed by atoms with E-state index in [0.717, 1.165) is 0 Å². The van der Waals surface area contributed by atoms with Crippen LogP contribution in [0.4, 0.5) is 0 Å². The normalized spacial score (nSPS) is 8.47. The third-order valence-electron chi connectivity index (χ3n) is 2.53. The summed E-state index contributed by atoms with van der Waals surface area (Å²) in [6.45, 7) is 13.9. The van der Waals surface area contributed by atoms with Gasteiger partial charge in [0, 0.05) is 0 Å². The van der Waals surface area contributed by atoms with Gasteiger partial charge in [-0.1, -0.05) is 91.7 Å². The van der Waals surface area contributed by atoms with Gasteiger partial charge < -0.3 is 0 Å². The van der Waals surface area contributed by atoms with Gasteiger partial charge >= 0.3 is 0 Å². The lowest BCUT2D eigenvalue weighted by molar-refractivity contribution is 1.40. The molecule has 2 rings (SSSR count). The lowest BCUT2D eigenvalue weighted by atomic mass is 10.2. The summed E-state index contributed by atoms with van der Waals surface area (Å²) in [5.74, 6) is 0. The minimum absolute atomic E-state index is 1.18. The molecule has 0 aliphatic heterocycles. The monoisotopic (exact) mass is 254 g/mol. The van der Waals surface area contributed by atoms with E-state index >= 15 is 0 Å². The zero-order chi connectivity index (χ0) is 14.7. The van der Waals surface area contributed by atoms with E-state index in [0.29, 0.717) is 0 Å². The first-order valence-corrected chi connectivity index (χ1v) is 6.84. The minimum atomic E-state index is 1.18. The Morgan fingerprint density at radius 3 is 1.16 bits per heavy atom. The molecule has 0 aliphatic carbocycles. The molecule has 0 aliphatic rings. The molecule has 0 unspecified atom stereocenters. The highest BCUT2D eigenvalue weighted by atomic mass is 13.9. The largest absolute Gasteiger partial charge is 0.0985 e. The molecule has 0 aromatic heterocycles. The van der Waals surface area contributed by atoms with Crippen LogP contribution in [0.1, 0.15) is 36.1 Å². The zero-order valence-electron chi connectivity index (χ0n) is 12.9. The standard InChI is InChI=1S/C9H10.C8H10.C2H6/c1-3-9-6-4-8(2)5-7-9;1-7-3-5-8(2)6-4-7;1-2/h3-7H,1H2,2H3;3-6H,1-2H3;1-2H3. The van der Waals surface area contributed by atoms with Crippen LogP contribution in [0.15, 0.2) is 55.1 Å². The molecule has 0 amide bonds. The fourth-order valence-corrected chi connectivity index (χ4v) is 1.34. The second-order valence-corrected chi connectivity index (χ2v) is 4.27. The first kappa shape index (κ1) is 17.2. The predicted octanol–water partition coefficient (Wildman–Crippen LogP) is 5.97. The molecule has 0 bridgehead atoms. The van der Waals surface area contributed by atoms with Gasteiger partial charge in [-0.15, -0.1) is 0 Å². The van der Waals surface area contributed by atoms with Crippen LogP contribution < -0.4 is 0 Å². The summed E-state index contributed by atoms with van der Waals surface area (Å²) in [5.41, 5.74) is 5.13. The summed E-state index contributed by atoms with van der Waals surface area (Å²) in [5, 5.41) is 0. The fraction of sp³-hybridized carbons (Fsp3) is 0.263. The zero-order valence-corrected chi connectivity index (χ0v) is 12.9. The molecule has 2 aromatic carbocycles. The molecule has 0 nitrogen and oxygen atoms in total. The molecule has 0 N–H and O–H groups in total. The molecule has 0 atom stereocenters. The molecule has 0 heteroatoms. The third kappa shape index (κ3) is 7.99. The van der Waals surface area contributed by atoms with Gasteiger partial charge in [-0.2, -0.15) is 0 Å². The van der Waals surface area contributed by atoms with Gasteiger partial charge in [0.05, 0.1) is 0 Å². The molecule has 19 heavy (non-hydrogen) atoms. The molecule has 0 spiro atoms. The van der Waals surface area contributed by atoms with E-state index in [1.54, 1.807) is 0 Å². The van der Waals surface area contributed by atoms with Gasteiger partial charge in [0.2, 0.25) is 0 Å². The molecule has 0 fully saturated rings. The Bertz CT molecular complexity index is 425. The van der Waals surface area contributed by atoms with E-state index in [4.69, 9.17) is 0 Å². The molecule has 2 aromatic rings. The second-order valence-electron chi connectivity index (χ2n) is 4.27. The maximum atomic E-state index is 3.66. The molecular formula is C19H26. The van der Waals surface area contributed by atoms with Crippen molar-refractivity contribution in [3.8, 4) is 0 Å². The quantitative estimate of drug-likeness (QED) is 0.588. The van der Waals surface area contributed by atoms with Crippen molar-refractivity contribution >= 4 is 6.08 Å². The Morgan fingerprint density at radius 1 is 0.632 bits per heavy atom. The van der Waals surface area contributed by atoms with E-state index < -0.39 is 0 Å². The van der Waals surface area contributed by atoms with E-state index in [2.05, 4.69) is 75.9 Å². The third-order valence-corrected chi connectivity index (χ3v) is 2.53. The van der Waals surface area contributed by atoms with Crippen LogP contribution in [0.3, 0.4) is 0 Å². The molecule has 0 heterocycles. The SMILES string of the molecule is C=Cc1ccc(C)cc1.CC.Cc1ccc(C)cc1. The number of aryl methyl sites for hydroxylation is 3. The van der Waals surface area contributed by atoms with E-state index in [1.165, 1.54) is 22.3 Å². The van der Waals surface area contributed by atoms with Gasteiger partial charge in [0.1, 0.15) is 0 Å². The van der Waals surface area contributed by atoms with Crippen molar-refractivity contribution in [2.24, 2.45) is 0 Å². The number of rotatable bonds is 1. The Hall–Kier alpha value is -1.82. The minimum Gasteiger partial charge on any atom is -0.0985 e. The maximum absolute atomic E-state index is 3.66. The van der Waals surface area contributed by atoms with Crippen molar-refractivity contribution < 1.29 is 0 Å². The predicted molar refractivity (Wildman–Crippen MR) is 88.5 cm³/mol. The van der Waals surface area contributed by atoms with Crippen molar-refractivity contribution in [3.05, 3.63) is 77.4 Å². The highest BCUT2D eigenvalue weighted by molar-refractivity contribution is 5.46. The van der Waals surface area contributed by atoms with Gasteiger partial charge in [-0.25, -0.2) is 0 Å². The molecule has 0 saturated heterocycles. The maximum Gasteiger partial charge on any atom is -0.0262 e. The average molecular weight is 254 g/mol. The molecular weight excluding hydrogens is 228 g/mol. The first-order valence-electron chi connectivity index (χ1n) is 6.84. The van der Waals surface area contributed by atoms with E-state index in [-0.39, 0.29) is 0 Å². The number of hydrogen-bond acceptors (Lipinski definition) is 0. The molecule has 0 radical (unpaired) electrons. The topological polar surface area (TPSA) is 0 Å². The Labute approximate surface area is 118 Å². The summed E-state index contributed by atoms with van der Waals surface area (Å²) in [4.78, 5) is 0. The van der Waals surface area contributed by atoms with Crippen molar-refractivity contribution in [3.63, 3.8) is 0 Å². The second kappa shape index (κ2) is 10.1. The van der Waals surface area contributed by atoms with Crippen LogP contribution in [0.5, 0.6) is 0 Å². The Kier molecular flexibility index (Phi) is 9.16. The molecule has 102 valence electrons. The van der Waals surface area contributed by atoms with Crippen molar-refractivity contribution in [2.75, 3.05) is 0 Å². The van der Waals surface area contributed by atoms with E-state index in [9.17, 15) is 0 Å². The Morgan fingerprint density at radius 2 is 0.895 bits per heavy atom. The van der Waals surface area contributed by atoms with Crippen LogP contribution in [-0.2, 0) is 0 Å².